The van der Waals surface area contributed by atoms with Gasteiger partial charge >= 0.3 is 0 Å². The Morgan fingerprint density at radius 3 is 2.52 bits per heavy atom. The Hall–Kier alpha value is -2.82. The van der Waals surface area contributed by atoms with E-state index in [1.807, 2.05) is 55.5 Å². The number of nitrogens with one attached hydrogen (secondary N) is 1. The molecule has 3 aromatic carbocycles. The standard InChI is InChI=1S/C30H27Br3N4O3/c1-18-7-5-6-10-25(18)35-27(38)17-40-28-23(32)13-19(14-24(28)33)16-34-37-29(20-8-3-2-4-9-20)36-26-12-11-21(31)15-22(26)30(37)39/h5-7,10-16,20H,2-4,8-9,17H2,1H3,(H,35,38). The van der Waals surface area contributed by atoms with Gasteiger partial charge in [-0.3, -0.25) is 9.59 Å². The summed E-state index contributed by atoms with van der Waals surface area (Å²) in [6.07, 6.45) is 7.06. The highest BCUT2D eigenvalue weighted by molar-refractivity contribution is 9.11. The molecule has 206 valence electrons. The van der Waals surface area contributed by atoms with Crippen molar-refractivity contribution in [1.29, 1.82) is 0 Å². The van der Waals surface area contributed by atoms with Crippen molar-refractivity contribution in [1.82, 2.24) is 9.66 Å². The van der Waals surface area contributed by atoms with E-state index in [1.165, 1.54) is 11.1 Å². The van der Waals surface area contributed by atoms with Crippen molar-refractivity contribution >= 4 is 76.5 Å². The molecule has 0 spiro atoms. The van der Waals surface area contributed by atoms with Gasteiger partial charge in [-0.05, 0) is 99.2 Å². The smallest absolute Gasteiger partial charge is 0.282 e. The fourth-order valence-electron chi connectivity index (χ4n) is 4.86. The summed E-state index contributed by atoms with van der Waals surface area (Å²) >= 11 is 10.6. The number of fused-ring (bicyclic) bond motifs is 1. The Morgan fingerprint density at radius 2 is 1.80 bits per heavy atom. The molecule has 1 aliphatic carbocycles. The average Bonchev–Trinajstić information content (AvgIpc) is 2.94. The number of aromatic nitrogens is 2. The lowest BCUT2D eigenvalue weighted by Crippen LogP contribution is -2.25. The highest BCUT2D eigenvalue weighted by atomic mass is 79.9. The molecule has 40 heavy (non-hydrogen) atoms. The Balaban J connectivity index is 1.39. The number of carbonyl (C=O) groups excluding carboxylic acids is 1. The largest absolute Gasteiger partial charge is 0.481 e. The minimum absolute atomic E-state index is 0.155. The average molecular weight is 731 g/mol. The molecule has 1 amide bonds. The number of ether oxygens (including phenoxy) is 1. The van der Waals surface area contributed by atoms with E-state index in [0.29, 0.717) is 31.4 Å². The molecular formula is C30H27Br3N4O3. The highest BCUT2D eigenvalue weighted by Gasteiger charge is 2.22. The predicted molar refractivity (Wildman–Crippen MR) is 170 cm³/mol. The number of carbonyl (C=O) groups is 1. The summed E-state index contributed by atoms with van der Waals surface area (Å²) in [7, 11) is 0. The number of para-hydroxylation sites is 1. The molecule has 1 aliphatic rings. The van der Waals surface area contributed by atoms with Crippen molar-refractivity contribution in [2.24, 2.45) is 5.10 Å². The molecule has 0 radical (unpaired) electrons. The van der Waals surface area contributed by atoms with Gasteiger partial charge in [0, 0.05) is 16.1 Å². The summed E-state index contributed by atoms with van der Waals surface area (Å²) in [5.74, 6) is 1.12. The number of hydrogen-bond donors (Lipinski definition) is 1. The second-order valence-electron chi connectivity index (χ2n) is 9.79. The number of benzene rings is 3. The van der Waals surface area contributed by atoms with Crippen LogP contribution in [0.25, 0.3) is 10.9 Å². The van der Waals surface area contributed by atoms with Crippen molar-refractivity contribution in [3.63, 3.8) is 0 Å². The second kappa shape index (κ2) is 12.8. The van der Waals surface area contributed by atoms with E-state index in [2.05, 4.69) is 58.2 Å². The van der Waals surface area contributed by atoms with Crippen LogP contribution in [0.4, 0.5) is 5.69 Å². The molecule has 7 nitrogen and oxygen atoms in total. The first kappa shape index (κ1) is 28.7. The molecule has 0 unspecified atom stereocenters. The fraction of sp³-hybridized carbons (Fsp3) is 0.267. The second-order valence-corrected chi connectivity index (χ2v) is 12.4. The molecule has 1 fully saturated rings. The molecule has 0 bridgehead atoms. The molecule has 1 heterocycles. The number of hydrogen-bond acceptors (Lipinski definition) is 5. The van der Waals surface area contributed by atoms with Crippen LogP contribution in [0.3, 0.4) is 0 Å². The third kappa shape index (κ3) is 6.56. The molecule has 1 N–H and O–H groups in total. The number of nitrogens with zero attached hydrogens (tertiary/aromatic N) is 3. The maximum atomic E-state index is 13.6. The quantitative estimate of drug-likeness (QED) is 0.196. The van der Waals surface area contributed by atoms with Gasteiger partial charge in [-0.2, -0.15) is 9.78 Å². The van der Waals surface area contributed by atoms with Crippen LogP contribution in [0.2, 0.25) is 0 Å². The molecular weight excluding hydrogens is 704 g/mol. The predicted octanol–water partition coefficient (Wildman–Crippen LogP) is 7.94. The number of rotatable bonds is 7. The van der Waals surface area contributed by atoms with E-state index in [-0.39, 0.29) is 24.0 Å². The van der Waals surface area contributed by atoms with Crippen molar-refractivity contribution in [3.05, 3.63) is 95.3 Å². The van der Waals surface area contributed by atoms with E-state index in [4.69, 9.17) is 9.72 Å². The SMILES string of the molecule is Cc1ccccc1NC(=O)COc1c(Br)cc(C=Nn2c(C3CCCCC3)nc3ccc(Br)cc3c2=O)cc1Br. The van der Waals surface area contributed by atoms with Crippen molar-refractivity contribution in [2.45, 2.75) is 44.9 Å². The van der Waals surface area contributed by atoms with Crippen molar-refractivity contribution < 1.29 is 9.53 Å². The van der Waals surface area contributed by atoms with E-state index in [1.54, 1.807) is 12.3 Å². The van der Waals surface area contributed by atoms with E-state index < -0.39 is 0 Å². The molecule has 4 aromatic rings. The molecule has 5 rings (SSSR count). The van der Waals surface area contributed by atoms with Crippen LogP contribution < -0.4 is 15.6 Å². The number of amides is 1. The Kier molecular flexibility index (Phi) is 9.17. The van der Waals surface area contributed by atoms with Gasteiger partial charge in [-0.25, -0.2) is 4.98 Å². The van der Waals surface area contributed by atoms with Gasteiger partial charge in [0.25, 0.3) is 11.5 Å². The third-order valence-corrected chi connectivity index (χ3v) is 8.58. The molecule has 0 saturated heterocycles. The lowest BCUT2D eigenvalue weighted by molar-refractivity contribution is -0.118. The lowest BCUT2D eigenvalue weighted by atomic mass is 9.88. The maximum absolute atomic E-state index is 13.6. The van der Waals surface area contributed by atoms with Gasteiger partial charge < -0.3 is 10.1 Å². The van der Waals surface area contributed by atoms with Gasteiger partial charge in [-0.1, -0.05) is 53.4 Å². The molecule has 0 atom stereocenters. The van der Waals surface area contributed by atoms with Crippen LogP contribution in [0.1, 0.15) is 55.0 Å². The lowest BCUT2D eigenvalue weighted by Gasteiger charge is -2.22. The molecule has 10 heteroatoms. The summed E-state index contributed by atoms with van der Waals surface area (Å²) in [6.45, 7) is 1.78. The van der Waals surface area contributed by atoms with Crippen molar-refractivity contribution in [2.75, 3.05) is 11.9 Å². The normalized spacial score (nSPS) is 14.1. The third-order valence-electron chi connectivity index (χ3n) is 6.91. The fourth-order valence-corrected chi connectivity index (χ4v) is 6.67. The van der Waals surface area contributed by atoms with Gasteiger partial charge in [0.2, 0.25) is 0 Å². The van der Waals surface area contributed by atoms with E-state index in [0.717, 1.165) is 47.0 Å². The molecule has 1 saturated carbocycles. The zero-order valence-corrected chi connectivity index (χ0v) is 26.6. The monoisotopic (exact) mass is 728 g/mol. The van der Waals surface area contributed by atoms with Crippen LogP contribution >= 0.6 is 47.8 Å². The van der Waals surface area contributed by atoms with Crippen LogP contribution in [-0.2, 0) is 4.79 Å². The summed E-state index contributed by atoms with van der Waals surface area (Å²) < 4.78 is 9.37. The van der Waals surface area contributed by atoms with Crippen LogP contribution in [-0.4, -0.2) is 28.4 Å². The number of anilines is 1. The number of halogens is 3. The van der Waals surface area contributed by atoms with Gasteiger partial charge in [0.15, 0.2) is 6.61 Å². The zero-order valence-electron chi connectivity index (χ0n) is 21.8. The summed E-state index contributed by atoms with van der Waals surface area (Å²) in [5, 5.41) is 8.01. The van der Waals surface area contributed by atoms with Crippen LogP contribution in [0.15, 0.2) is 77.9 Å². The van der Waals surface area contributed by atoms with Gasteiger partial charge in [0.1, 0.15) is 11.6 Å². The maximum Gasteiger partial charge on any atom is 0.282 e. The van der Waals surface area contributed by atoms with E-state index >= 15 is 0 Å². The first-order valence-corrected chi connectivity index (χ1v) is 15.4. The first-order chi connectivity index (χ1) is 19.3. The van der Waals surface area contributed by atoms with Gasteiger partial charge in [-0.15, -0.1) is 0 Å². The topological polar surface area (TPSA) is 85.6 Å². The van der Waals surface area contributed by atoms with E-state index in [9.17, 15) is 9.59 Å². The molecule has 0 aliphatic heterocycles. The summed E-state index contributed by atoms with van der Waals surface area (Å²) in [5.41, 5.74) is 2.95. The number of aryl methyl sites for hydroxylation is 1. The highest BCUT2D eigenvalue weighted by Crippen LogP contribution is 2.35. The minimum Gasteiger partial charge on any atom is -0.481 e. The summed E-state index contributed by atoms with van der Waals surface area (Å²) in [4.78, 5) is 30.9. The van der Waals surface area contributed by atoms with Crippen molar-refractivity contribution in [3.8, 4) is 5.75 Å². The Bertz CT molecular complexity index is 1640. The van der Waals surface area contributed by atoms with Gasteiger partial charge in [0.05, 0.1) is 26.1 Å². The summed E-state index contributed by atoms with van der Waals surface area (Å²) in [6, 6.07) is 16.8. The zero-order chi connectivity index (χ0) is 28.2. The molecule has 1 aromatic heterocycles. The van der Waals surface area contributed by atoms with Crippen LogP contribution in [0.5, 0.6) is 5.75 Å². The van der Waals surface area contributed by atoms with Crippen LogP contribution in [0, 0.1) is 6.92 Å². The first-order valence-electron chi connectivity index (χ1n) is 13.0. The Labute approximate surface area is 257 Å². The minimum atomic E-state index is -0.260. The Morgan fingerprint density at radius 1 is 1.07 bits per heavy atom.